The van der Waals surface area contributed by atoms with E-state index in [0.717, 1.165) is 18.5 Å². The molecule has 37 heavy (non-hydrogen) atoms. The lowest BCUT2D eigenvalue weighted by Crippen LogP contribution is -2.33. The Labute approximate surface area is 214 Å². The number of amides is 1. The van der Waals surface area contributed by atoms with Gasteiger partial charge in [0, 0.05) is 58.2 Å². The molecule has 12 heteroatoms. The maximum absolute atomic E-state index is 14.3. The molecular formula is C25H30F2N6O3Si. The van der Waals surface area contributed by atoms with Gasteiger partial charge in [-0.3, -0.25) is 14.2 Å². The van der Waals surface area contributed by atoms with Crippen molar-refractivity contribution < 1.29 is 23.0 Å². The lowest BCUT2D eigenvalue weighted by atomic mass is 10.2. The van der Waals surface area contributed by atoms with Crippen molar-refractivity contribution in [1.29, 1.82) is 0 Å². The molecule has 1 aliphatic rings. The van der Waals surface area contributed by atoms with Crippen LogP contribution in [0.3, 0.4) is 0 Å². The number of carbonyl (C=O) groups excluding carboxylic acids is 1. The van der Waals surface area contributed by atoms with Crippen molar-refractivity contribution in [3.05, 3.63) is 48.1 Å². The molecule has 0 saturated carbocycles. The van der Waals surface area contributed by atoms with Gasteiger partial charge in [-0.15, -0.1) is 0 Å². The minimum absolute atomic E-state index is 0.00590. The zero-order valence-corrected chi connectivity index (χ0v) is 22.2. The molecule has 0 aliphatic carbocycles. The lowest BCUT2D eigenvalue weighted by molar-refractivity contribution is 0.0734. The van der Waals surface area contributed by atoms with Crippen LogP contribution in [0.5, 0.6) is 0 Å². The van der Waals surface area contributed by atoms with E-state index in [-0.39, 0.29) is 18.3 Å². The highest BCUT2D eigenvalue weighted by atomic mass is 28.3. The van der Waals surface area contributed by atoms with E-state index in [1.165, 1.54) is 16.8 Å². The summed E-state index contributed by atoms with van der Waals surface area (Å²) in [5.41, 5.74) is 1.77. The first kappa shape index (κ1) is 25.4. The Morgan fingerprint density at radius 3 is 2.78 bits per heavy atom. The fourth-order valence-corrected chi connectivity index (χ4v) is 5.06. The molecule has 1 amide bonds. The van der Waals surface area contributed by atoms with E-state index in [1.807, 2.05) is 0 Å². The van der Waals surface area contributed by atoms with Crippen molar-refractivity contribution in [2.75, 3.05) is 32.9 Å². The van der Waals surface area contributed by atoms with Crippen LogP contribution >= 0.6 is 0 Å². The van der Waals surface area contributed by atoms with Gasteiger partial charge < -0.3 is 14.4 Å². The first-order chi connectivity index (χ1) is 17.7. The van der Waals surface area contributed by atoms with E-state index in [2.05, 4.69) is 29.6 Å². The Bertz CT molecular complexity index is 1440. The molecule has 5 rings (SSSR count). The summed E-state index contributed by atoms with van der Waals surface area (Å²) in [5.74, 6) is -1.67. The third kappa shape index (κ3) is 5.41. The summed E-state index contributed by atoms with van der Waals surface area (Å²) in [6.07, 6.45) is 4.96. The third-order valence-corrected chi connectivity index (χ3v) is 8.05. The number of ether oxygens (including phenoxy) is 2. The molecular weight excluding hydrogens is 498 g/mol. The molecule has 1 aliphatic heterocycles. The largest absolute Gasteiger partial charge is 0.380 e. The van der Waals surface area contributed by atoms with Crippen molar-refractivity contribution in [3.8, 4) is 11.4 Å². The van der Waals surface area contributed by atoms with Crippen LogP contribution in [0.2, 0.25) is 25.7 Å². The van der Waals surface area contributed by atoms with E-state index in [1.54, 1.807) is 21.8 Å². The summed E-state index contributed by atoms with van der Waals surface area (Å²) >= 11 is 0. The predicted molar refractivity (Wildman–Crippen MR) is 137 cm³/mol. The fourth-order valence-electron chi connectivity index (χ4n) is 4.30. The Morgan fingerprint density at radius 2 is 1.97 bits per heavy atom. The van der Waals surface area contributed by atoms with Gasteiger partial charge in [0.2, 0.25) is 0 Å². The second-order valence-corrected chi connectivity index (χ2v) is 16.0. The van der Waals surface area contributed by atoms with Crippen molar-refractivity contribution in [1.82, 2.24) is 29.0 Å². The molecule has 1 fully saturated rings. The number of imidazole rings is 1. The molecule has 4 aromatic rings. The quantitative estimate of drug-likeness (QED) is 0.264. The van der Waals surface area contributed by atoms with Gasteiger partial charge in [-0.2, -0.15) is 5.10 Å². The summed E-state index contributed by atoms with van der Waals surface area (Å²) < 4.78 is 42.8. The summed E-state index contributed by atoms with van der Waals surface area (Å²) in [6.45, 7) is 9.79. The van der Waals surface area contributed by atoms with Gasteiger partial charge in [0.05, 0.1) is 24.0 Å². The highest BCUT2D eigenvalue weighted by Crippen LogP contribution is 2.30. The normalized spacial score (nSPS) is 15.0. The van der Waals surface area contributed by atoms with Gasteiger partial charge in [-0.1, -0.05) is 19.6 Å². The molecule has 196 valence electrons. The number of halogens is 2. The van der Waals surface area contributed by atoms with Crippen LogP contribution < -0.4 is 0 Å². The second kappa shape index (κ2) is 10.3. The zero-order valence-electron chi connectivity index (χ0n) is 21.2. The van der Waals surface area contributed by atoms with Crippen LogP contribution in [0, 0.1) is 11.6 Å². The average molecular weight is 529 g/mol. The van der Waals surface area contributed by atoms with Crippen LogP contribution in [-0.2, 0) is 16.2 Å². The van der Waals surface area contributed by atoms with Gasteiger partial charge in [0.25, 0.3) is 5.91 Å². The standard InChI is InChI=1S/C25H30F2N6O3Si/c1-37(2,3)10-9-36-16-33-21-12-20(25(34)31-5-4-7-35-8-6-31)28-13-18(21)23(30-33)22-14-29-24-19(27)11-17(26)15-32(22)24/h11-15H,4-10,16H2,1-3H3. The Balaban J connectivity index is 1.55. The number of hydrogen-bond donors (Lipinski definition) is 0. The van der Waals surface area contributed by atoms with E-state index < -0.39 is 19.7 Å². The minimum Gasteiger partial charge on any atom is -0.380 e. The Hall–Kier alpha value is -3.22. The van der Waals surface area contributed by atoms with Crippen LogP contribution in [0.4, 0.5) is 8.78 Å². The van der Waals surface area contributed by atoms with Gasteiger partial charge in [0.1, 0.15) is 23.9 Å². The minimum atomic E-state index is -1.28. The summed E-state index contributed by atoms with van der Waals surface area (Å²) in [4.78, 5) is 23.5. The molecule has 0 N–H and O–H groups in total. The molecule has 0 radical (unpaired) electrons. The average Bonchev–Trinajstić information content (AvgIpc) is 3.30. The van der Waals surface area contributed by atoms with Gasteiger partial charge >= 0.3 is 0 Å². The first-order valence-corrected chi connectivity index (χ1v) is 16.1. The van der Waals surface area contributed by atoms with Gasteiger partial charge in [-0.25, -0.2) is 18.4 Å². The predicted octanol–water partition coefficient (Wildman–Crippen LogP) is 4.20. The number of rotatable bonds is 7. The molecule has 0 spiro atoms. The summed E-state index contributed by atoms with van der Waals surface area (Å²) in [6, 6.07) is 3.49. The summed E-state index contributed by atoms with van der Waals surface area (Å²) in [5, 5.41) is 5.34. The Kier molecular flexibility index (Phi) is 7.06. The topological polar surface area (TPSA) is 86.8 Å². The van der Waals surface area contributed by atoms with Gasteiger partial charge in [0.15, 0.2) is 11.5 Å². The molecule has 0 aromatic carbocycles. The Morgan fingerprint density at radius 1 is 1.14 bits per heavy atom. The van der Waals surface area contributed by atoms with Crippen molar-refractivity contribution in [3.63, 3.8) is 0 Å². The number of carbonyl (C=O) groups is 1. The maximum atomic E-state index is 14.3. The molecule has 0 unspecified atom stereocenters. The number of aromatic nitrogens is 5. The van der Waals surface area contributed by atoms with E-state index in [9.17, 15) is 13.6 Å². The van der Waals surface area contributed by atoms with Crippen molar-refractivity contribution >= 4 is 30.5 Å². The number of hydrogen-bond acceptors (Lipinski definition) is 6. The molecule has 1 saturated heterocycles. The smallest absolute Gasteiger partial charge is 0.272 e. The van der Waals surface area contributed by atoms with Crippen molar-refractivity contribution in [2.24, 2.45) is 0 Å². The van der Waals surface area contributed by atoms with E-state index >= 15 is 0 Å². The maximum Gasteiger partial charge on any atom is 0.272 e. The zero-order chi connectivity index (χ0) is 26.2. The SMILES string of the molecule is C[Si](C)(C)CCOCn1nc(-c2cnc3c(F)cc(F)cn23)c2cnc(C(=O)N3CCCOCC3)cc21. The molecule has 0 atom stereocenters. The first-order valence-electron chi connectivity index (χ1n) is 12.3. The van der Waals surface area contributed by atoms with E-state index in [4.69, 9.17) is 14.6 Å². The summed E-state index contributed by atoms with van der Waals surface area (Å²) in [7, 11) is -1.28. The van der Waals surface area contributed by atoms with Crippen LogP contribution in [0.25, 0.3) is 27.9 Å². The third-order valence-electron chi connectivity index (χ3n) is 6.34. The number of fused-ring (bicyclic) bond motifs is 2. The molecule has 0 bridgehead atoms. The molecule has 4 aromatic heterocycles. The highest BCUT2D eigenvalue weighted by Gasteiger charge is 2.23. The fraction of sp³-hybridized carbons (Fsp3) is 0.440. The molecule has 5 heterocycles. The second-order valence-electron chi connectivity index (χ2n) is 10.4. The van der Waals surface area contributed by atoms with E-state index in [0.29, 0.717) is 60.9 Å². The highest BCUT2D eigenvalue weighted by molar-refractivity contribution is 6.76. The van der Waals surface area contributed by atoms with Gasteiger partial charge in [-0.05, 0) is 18.5 Å². The number of nitrogens with zero attached hydrogens (tertiary/aromatic N) is 6. The monoisotopic (exact) mass is 528 g/mol. The molecule has 9 nitrogen and oxygen atoms in total. The number of pyridine rings is 2. The van der Waals surface area contributed by atoms with Crippen LogP contribution in [0.1, 0.15) is 16.9 Å². The van der Waals surface area contributed by atoms with Crippen molar-refractivity contribution in [2.45, 2.75) is 38.8 Å². The lowest BCUT2D eigenvalue weighted by Gasteiger charge is -2.19. The van der Waals surface area contributed by atoms with Crippen LogP contribution in [-0.4, -0.2) is 75.9 Å². The van der Waals surface area contributed by atoms with Crippen LogP contribution in [0.15, 0.2) is 30.7 Å².